The standard InChI is InChI=1S/C14H15FN2O2S/c15-11-3-1-10(2-4-11)12-5-16-13(17-12)20-9-14(6-18)7-19-8-14/h1-5,18H,6-9H2,(H,16,17). The molecular weight excluding hydrogens is 279 g/mol. The van der Waals surface area contributed by atoms with E-state index < -0.39 is 0 Å². The van der Waals surface area contributed by atoms with Gasteiger partial charge < -0.3 is 14.8 Å². The van der Waals surface area contributed by atoms with Crippen LogP contribution in [-0.4, -0.2) is 40.6 Å². The molecule has 3 rings (SSSR count). The second kappa shape index (κ2) is 5.55. The Morgan fingerprint density at radius 1 is 1.35 bits per heavy atom. The molecule has 4 nitrogen and oxygen atoms in total. The van der Waals surface area contributed by atoms with E-state index in [1.54, 1.807) is 30.1 Å². The van der Waals surface area contributed by atoms with Crippen LogP contribution in [0.1, 0.15) is 0 Å². The fraction of sp³-hybridized carbons (Fsp3) is 0.357. The van der Waals surface area contributed by atoms with Gasteiger partial charge in [0.1, 0.15) is 5.82 Å². The molecule has 0 radical (unpaired) electrons. The second-order valence-corrected chi connectivity index (χ2v) is 6.01. The molecule has 6 heteroatoms. The number of halogens is 1. The van der Waals surface area contributed by atoms with Crippen LogP contribution in [0.15, 0.2) is 35.6 Å². The molecule has 1 aromatic carbocycles. The molecule has 0 spiro atoms. The number of nitrogens with one attached hydrogen (secondary N) is 1. The van der Waals surface area contributed by atoms with E-state index in [1.807, 2.05) is 0 Å². The number of nitrogens with zero attached hydrogens (tertiary/aromatic N) is 1. The number of H-pyrrole nitrogens is 1. The molecule has 2 aromatic rings. The summed E-state index contributed by atoms with van der Waals surface area (Å²) < 4.78 is 18.0. The summed E-state index contributed by atoms with van der Waals surface area (Å²) in [6, 6.07) is 6.28. The Bertz CT molecular complexity index is 576. The van der Waals surface area contributed by atoms with E-state index in [4.69, 9.17) is 4.74 Å². The first-order valence-corrected chi connectivity index (χ1v) is 7.32. The highest BCUT2D eigenvalue weighted by Gasteiger charge is 2.38. The van der Waals surface area contributed by atoms with Crippen molar-refractivity contribution in [2.45, 2.75) is 5.16 Å². The summed E-state index contributed by atoms with van der Waals surface area (Å²) in [5, 5.41) is 10.2. The van der Waals surface area contributed by atoms with E-state index in [1.165, 1.54) is 12.1 Å². The summed E-state index contributed by atoms with van der Waals surface area (Å²) in [7, 11) is 0. The molecule has 0 aliphatic carbocycles. The summed E-state index contributed by atoms with van der Waals surface area (Å²) in [6.07, 6.45) is 1.73. The van der Waals surface area contributed by atoms with Crippen molar-refractivity contribution < 1.29 is 14.2 Å². The number of aliphatic hydroxyl groups excluding tert-OH is 1. The second-order valence-electron chi connectivity index (χ2n) is 5.05. The Morgan fingerprint density at radius 3 is 2.70 bits per heavy atom. The third kappa shape index (κ3) is 2.72. The Balaban J connectivity index is 1.66. The van der Waals surface area contributed by atoms with Gasteiger partial charge in [-0.25, -0.2) is 9.37 Å². The van der Waals surface area contributed by atoms with Gasteiger partial charge in [0, 0.05) is 11.2 Å². The number of rotatable bonds is 5. The first-order valence-electron chi connectivity index (χ1n) is 6.33. The molecule has 0 unspecified atom stereocenters. The van der Waals surface area contributed by atoms with Crippen LogP contribution in [-0.2, 0) is 4.74 Å². The van der Waals surface area contributed by atoms with Crippen LogP contribution in [0.4, 0.5) is 4.39 Å². The normalized spacial score (nSPS) is 16.9. The SMILES string of the molecule is OCC1(CSc2ncc(-c3ccc(F)cc3)[nH]2)COC1. The number of hydrogen-bond acceptors (Lipinski definition) is 4. The molecule has 1 aromatic heterocycles. The predicted octanol–water partition coefficient (Wildman–Crippen LogP) is 2.32. The number of imidazole rings is 1. The summed E-state index contributed by atoms with van der Waals surface area (Å²) in [5.74, 6) is 0.512. The first kappa shape index (κ1) is 13.6. The van der Waals surface area contributed by atoms with Crippen molar-refractivity contribution in [2.24, 2.45) is 5.41 Å². The number of aliphatic hydroxyl groups is 1. The van der Waals surface area contributed by atoms with Gasteiger partial charge in [0.05, 0.1) is 31.7 Å². The highest BCUT2D eigenvalue weighted by atomic mass is 32.2. The van der Waals surface area contributed by atoms with Crippen LogP contribution >= 0.6 is 11.8 Å². The van der Waals surface area contributed by atoms with Gasteiger partial charge in [0.2, 0.25) is 0 Å². The first-order chi connectivity index (χ1) is 9.71. The number of thioether (sulfide) groups is 1. The van der Waals surface area contributed by atoms with Crippen LogP contribution in [0.3, 0.4) is 0 Å². The average Bonchev–Trinajstić information content (AvgIpc) is 2.88. The number of ether oxygens (including phenoxy) is 1. The molecule has 2 N–H and O–H groups in total. The van der Waals surface area contributed by atoms with E-state index in [9.17, 15) is 9.50 Å². The number of aromatic nitrogens is 2. The highest BCUT2D eigenvalue weighted by Crippen LogP contribution is 2.33. The highest BCUT2D eigenvalue weighted by molar-refractivity contribution is 7.99. The van der Waals surface area contributed by atoms with Gasteiger partial charge in [-0.2, -0.15) is 0 Å². The van der Waals surface area contributed by atoms with Gasteiger partial charge in [-0.05, 0) is 29.8 Å². The van der Waals surface area contributed by atoms with E-state index >= 15 is 0 Å². The Kier molecular flexibility index (Phi) is 3.78. The Labute approximate surface area is 120 Å². The third-order valence-corrected chi connectivity index (χ3v) is 4.61. The quantitative estimate of drug-likeness (QED) is 0.831. The third-order valence-electron chi connectivity index (χ3n) is 3.37. The zero-order valence-electron chi connectivity index (χ0n) is 10.8. The molecule has 1 aliphatic heterocycles. The maximum Gasteiger partial charge on any atom is 0.165 e. The minimum atomic E-state index is -0.252. The summed E-state index contributed by atoms with van der Waals surface area (Å²) in [5.41, 5.74) is 1.62. The van der Waals surface area contributed by atoms with E-state index in [0.717, 1.165) is 22.2 Å². The minimum Gasteiger partial charge on any atom is -0.396 e. The van der Waals surface area contributed by atoms with E-state index in [2.05, 4.69) is 9.97 Å². The van der Waals surface area contributed by atoms with Crippen molar-refractivity contribution in [3.63, 3.8) is 0 Å². The van der Waals surface area contributed by atoms with Gasteiger partial charge in [-0.1, -0.05) is 11.8 Å². The number of hydrogen-bond donors (Lipinski definition) is 2. The molecule has 1 fully saturated rings. The van der Waals surface area contributed by atoms with Gasteiger partial charge in [0.15, 0.2) is 5.16 Å². The van der Waals surface area contributed by atoms with Crippen molar-refractivity contribution in [3.05, 3.63) is 36.3 Å². The largest absolute Gasteiger partial charge is 0.396 e. The molecule has 1 aliphatic rings. The van der Waals surface area contributed by atoms with Crippen molar-refractivity contribution in [2.75, 3.05) is 25.6 Å². The molecule has 0 bridgehead atoms. The van der Waals surface area contributed by atoms with Crippen LogP contribution in [0.2, 0.25) is 0 Å². The maximum absolute atomic E-state index is 12.9. The van der Waals surface area contributed by atoms with Crippen LogP contribution in [0.5, 0.6) is 0 Å². The van der Waals surface area contributed by atoms with E-state index in [-0.39, 0.29) is 17.8 Å². The van der Waals surface area contributed by atoms with Crippen LogP contribution in [0, 0.1) is 11.2 Å². The van der Waals surface area contributed by atoms with Gasteiger partial charge in [-0.3, -0.25) is 0 Å². The Hall–Kier alpha value is -1.37. The number of benzene rings is 1. The lowest BCUT2D eigenvalue weighted by molar-refractivity contribution is -0.121. The molecule has 20 heavy (non-hydrogen) atoms. The fourth-order valence-corrected chi connectivity index (χ4v) is 3.00. The molecule has 2 heterocycles. The average molecular weight is 294 g/mol. The predicted molar refractivity (Wildman–Crippen MR) is 75.0 cm³/mol. The summed E-state index contributed by atoms with van der Waals surface area (Å²) in [6.45, 7) is 1.33. The lowest BCUT2D eigenvalue weighted by Crippen LogP contribution is -2.47. The zero-order valence-corrected chi connectivity index (χ0v) is 11.6. The van der Waals surface area contributed by atoms with Crippen molar-refractivity contribution >= 4 is 11.8 Å². The van der Waals surface area contributed by atoms with Crippen molar-refractivity contribution in [1.82, 2.24) is 9.97 Å². The smallest absolute Gasteiger partial charge is 0.165 e. The maximum atomic E-state index is 12.9. The topological polar surface area (TPSA) is 58.1 Å². The molecule has 0 amide bonds. The number of aromatic amines is 1. The van der Waals surface area contributed by atoms with Gasteiger partial charge >= 0.3 is 0 Å². The molecule has 0 saturated carbocycles. The van der Waals surface area contributed by atoms with Crippen LogP contribution in [0.25, 0.3) is 11.3 Å². The summed E-state index contributed by atoms with van der Waals surface area (Å²) >= 11 is 1.57. The summed E-state index contributed by atoms with van der Waals surface area (Å²) in [4.78, 5) is 7.50. The van der Waals surface area contributed by atoms with E-state index in [0.29, 0.717) is 13.2 Å². The van der Waals surface area contributed by atoms with Gasteiger partial charge in [0.25, 0.3) is 0 Å². The van der Waals surface area contributed by atoms with Crippen LogP contribution < -0.4 is 0 Å². The molecule has 0 atom stereocenters. The van der Waals surface area contributed by atoms with Gasteiger partial charge in [-0.15, -0.1) is 0 Å². The molecule has 106 valence electrons. The molecular formula is C14H15FN2O2S. The lowest BCUT2D eigenvalue weighted by Gasteiger charge is -2.39. The van der Waals surface area contributed by atoms with Crippen molar-refractivity contribution in [3.8, 4) is 11.3 Å². The van der Waals surface area contributed by atoms with Crippen molar-refractivity contribution in [1.29, 1.82) is 0 Å². The lowest BCUT2D eigenvalue weighted by atomic mass is 9.90. The molecule has 1 saturated heterocycles. The zero-order chi connectivity index (χ0) is 14.0. The minimum absolute atomic E-state index is 0.130. The Morgan fingerprint density at radius 2 is 2.10 bits per heavy atom. The fourth-order valence-electron chi connectivity index (χ4n) is 1.98. The monoisotopic (exact) mass is 294 g/mol.